The zero-order valence-electron chi connectivity index (χ0n) is 14.7. The SMILES string of the molecule is Cc1c(C(=O)O)cnn1-c1cccc(NC(=O)c2cc(-c3ccoc3)n[nH]2)c1. The van der Waals surface area contributed by atoms with Crippen LogP contribution in [0.15, 0.2) is 59.5 Å². The van der Waals surface area contributed by atoms with E-state index in [0.717, 1.165) is 5.56 Å². The van der Waals surface area contributed by atoms with Crippen molar-refractivity contribution in [3.8, 4) is 16.9 Å². The maximum Gasteiger partial charge on any atom is 0.339 e. The summed E-state index contributed by atoms with van der Waals surface area (Å²) in [5, 5.41) is 22.9. The minimum atomic E-state index is -1.04. The Morgan fingerprint density at radius 2 is 2.11 bits per heavy atom. The zero-order chi connectivity index (χ0) is 19.7. The predicted molar refractivity (Wildman–Crippen MR) is 99.5 cm³/mol. The van der Waals surface area contributed by atoms with Crippen molar-refractivity contribution in [3.63, 3.8) is 0 Å². The van der Waals surface area contributed by atoms with Gasteiger partial charge in [-0.05, 0) is 37.3 Å². The number of anilines is 1. The first-order valence-corrected chi connectivity index (χ1v) is 8.30. The second kappa shape index (κ2) is 6.88. The van der Waals surface area contributed by atoms with E-state index < -0.39 is 5.97 Å². The summed E-state index contributed by atoms with van der Waals surface area (Å²) < 4.78 is 6.52. The van der Waals surface area contributed by atoms with Crippen LogP contribution in [0.25, 0.3) is 16.9 Å². The number of hydrogen-bond acceptors (Lipinski definition) is 5. The lowest BCUT2D eigenvalue weighted by Gasteiger charge is -2.08. The average molecular weight is 377 g/mol. The Labute approximate surface area is 158 Å². The number of aromatic nitrogens is 4. The number of hydrogen-bond donors (Lipinski definition) is 3. The first kappa shape index (κ1) is 17.3. The van der Waals surface area contributed by atoms with Crippen LogP contribution in [-0.2, 0) is 0 Å². The van der Waals surface area contributed by atoms with E-state index in [1.165, 1.54) is 17.1 Å². The standard InChI is InChI=1S/C19H15N5O4/c1-11-15(19(26)27)9-20-24(11)14-4-2-3-13(7-14)21-18(25)17-8-16(22-23-17)12-5-6-28-10-12/h2-10H,1H3,(H,21,25)(H,22,23)(H,26,27). The number of carbonyl (C=O) groups excluding carboxylic acids is 1. The smallest absolute Gasteiger partial charge is 0.339 e. The highest BCUT2D eigenvalue weighted by molar-refractivity contribution is 6.03. The molecule has 1 amide bonds. The monoisotopic (exact) mass is 377 g/mol. The van der Waals surface area contributed by atoms with Crippen LogP contribution in [-0.4, -0.2) is 37.0 Å². The zero-order valence-corrected chi connectivity index (χ0v) is 14.7. The Morgan fingerprint density at radius 1 is 1.25 bits per heavy atom. The summed E-state index contributed by atoms with van der Waals surface area (Å²) in [6.45, 7) is 1.67. The molecule has 3 N–H and O–H groups in total. The molecule has 0 radical (unpaired) electrons. The van der Waals surface area contributed by atoms with Gasteiger partial charge in [-0.3, -0.25) is 9.89 Å². The molecule has 0 unspecified atom stereocenters. The van der Waals surface area contributed by atoms with Gasteiger partial charge in [0.15, 0.2) is 0 Å². The topological polar surface area (TPSA) is 126 Å². The number of carbonyl (C=O) groups is 2. The van der Waals surface area contributed by atoms with Gasteiger partial charge in [-0.2, -0.15) is 10.2 Å². The van der Waals surface area contributed by atoms with E-state index in [9.17, 15) is 14.7 Å². The second-order valence-corrected chi connectivity index (χ2v) is 6.04. The molecule has 0 saturated carbocycles. The van der Waals surface area contributed by atoms with Gasteiger partial charge in [-0.1, -0.05) is 6.07 Å². The van der Waals surface area contributed by atoms with Gasteiger partial charge >= 0.3 is 5.97 Å². The lowest BCUT2D eigenvalue weighted by atomic mass is 10.2. The van der Waals surface area contributed by atoms with E-state index in [2.05, 4.69) is 20.6 Å². The fourth-order valence-corrected chi connectivity index (χ4v) is 2.79. The highest BCUT2D eigenvalue weighted by Gasteiger charge is 2.15. The number of aromatic amines is 1. The van der Waals surface area contributed by atoms with E-state index in [-0.39, 0.29) is 11.5 Å². The summed E-state index contributed by atoms with van der Waals surface area (Å²) in [4.78, 5) is 23.7. The molecule has 4 aromatic rings. The molecule has 28 heavy (non-hydrogen) atoms. The molecule has 0 aliphatic heterocycles. The van der Waals surface area contributed by atoms with Crippen molar-refractivity contribution in [2.45, 2.75) is 6.92 Å². The van der Waals surface area contributed by atoms with E-state index in [1.807, 2.05) is 0 Å². The molecule has 9 heteroatoms. The van der Waals surface area contributed by atoms with Crippen LogP contribution in [0.4, 0.5) is 5.69 Å². The van der Waals surface area contributed by atoms with Crippen LogP contribution >= 0.6 is 0 Å². The molecule has 0 aliphatic carbocycles. The predicted octanol–water partition coefficient (Wildman–Crippen LogP) is 3.11. The number of nitrogens with one attached hydrogen (secondary N) is 2. The van der Waals surface area contributed by atoms with Gasteiger partial charge in [0.25, 0.3) is 5.91 Å². The van der Waals surface area contributed by atoms with Gasteiger partial charge in [-0.15, -0.1) is 0 Å². The summed E-state index contributed by atoms with van der Waals surface area (Å²) in [7, 11) is 0. The summed E-state index contributed by atoms with van der Waals surface area (Å²) in [6.07, 6.45) is 4.37. The number of carboxylic acid groups (broad SMARTS) is 1. The quantitative estimate of drug-likeness (QED) is 0.490. The van der Waals surface area contributed by atoms with Crippen molar-refractivity contribution in [3.05, 3.63) is 72.1 Å². The third-order valence-corrected chi connectivity index (χ3v) is 4.23. The summed E-state index contributed by atoms with van der Waals surface area (Å²) in [6, 6.07) is 10.3. The maximum atomic E-state index is 12.5. The highest BCUT2D eigenvalue weighted by atomic mass is 16.4. The molecule has 0 fully saturated rings. The fourth-order valence-electron chi connectivity index (χ4n) is 2.79. The van der Waals surface area contributed by atoms with Crippen LogP contribution in [0.2, 0.25) is 0 Å². The molecule has 0 bridgehead atoms. The molecule has 3 heterocycles. The molecule has 0 spiro atoms. The van der Waals surface area contributed by atoms with E-state index >= 15 is 0 Å². The fraction of sp³-hybridized carbons (Fsp3) is 0.0526. The first-order valence-electron chi connectivity index (χ1n) is 8.30. The van der Waals surface area contributed by atoms with Crippen LogP contribution < -0.4 is 5.32 Å². The molecule has 9 nitrogen and oxygen atoms in total. The van der Waals surface area contributed by atoms with Crippen molar-refractivity contribution in [1.82, 2.24) is 20.0 Å². The van der Waals surface area contributed by atoms with Gasteiger partial charge in [0.05, 0.1) is 35.8 Å². The largest absolute Gasteiger partial charge is 0.478 e. The van der Waals surface area contributed by atoms with Crippen LogP contribution in [0.5, 0.6) is 0 Å². The molecular weight excluding hydrogens is 362 g/mol. The van der Waals surface area contributed by atoms with Crippen molar-refractivity contribution in [2.24, 2.45) is 0 Å². The highest BCUT2D eigenvalue weighted by Crippen LogP contribution is 2.20. The van der Waals surface area contributed by atoms with Crippen molar-refractivity contribution in [2.75, 3.05) is 5.32 Å². The number of aromatic carboxylic acids is 1. The number of carboxylic acids is 1. The number of furan rings is 1. The first-order chi connectivity index (χ1) is 13.5. The Balaban J connectivity index is 1.55. The number of H-pyrrole nitrogens is 1. The number of nitrogens with zero attached hydrogens (tertiary/aromatic N) is 3. The Hall–Kier alpha value is -4.14. The minimum Gasteiger partial charge on any atom is -0.478 e. The Bertz CT molecular complexity index is 1160. The van der Waals surface area contributed by atoms with Crippen LogP contribution in [0, 0.1) is 6.92 Å². The van der Waals surface area contributed by atoms with E-state index in [4.69, 9.17) is 4.42 Å². The number of benzene rings is 1. The Kier molecular flexibility index (Phi) is 4.24. The Morgan fingerprint density at radius 3 is 2.82 bits per heavy atom. The molecule has 4 rings (SSSR count). The number of amides is 1. The molecular formula is C19H15N5O4. The second-order valence-electron chi connectivity index (χ2n) is 6.04. The molecule has 1 aromatic carbocycles. The minimum absolute atomic E-state index is 0.124. The van der Waals surface area contributed by atoms with Gasteiger partial charge in [0.2, 0.25) is 0 Å². The van der Waals surface area contributed by atoms with Crippen molar-refractivity contribution < 1.29 is 19.1 Å². The summed E-state index contributed by atoms with van der Waals surface area (Å²) >= 11 is 0. The van der Waals surface area contributed by atoms with E-state index in [1.54, 1.807) is 49.6 Å². The molecule has 3 aromatic heterocycles. The summed E-state index contributed by atoms with van der Waals surface area (Å²) in [5.74, 6) is -1.40. The van der Waals surface area contributed by atoms with Gasteiger partial charge < -0.3 is 14.8 Å². The normalized spacial score (nSPS) is 10.8. The maximum absolute atomic E-state index is 12.5. The molecule has 0 atom stereocenters. The third-order valence-electron chi connectivity index (χ3n) is 4.23. The lowest BCUT2D eigenvalue weighted by Crippen LogP contribution is -2.12. The third kappa shape index (κ3) is 3.16. The van der Waals surface area contributed by atoms with Crippen molar-refractivity contribution >= 4 is 17.6 Å². The molecule has 0 saturated heterocycles. The van der Waals surface area contributed by atoms with Gasteiger partial charge in [-0.25, -0.2) is 9.48 Å². The van der Waals surface area contributed by atoms with Gasteiger partial charge in [0, 0.05) is 11.3 Å². The molecule has 140 valence electrons. The molecule has 0 aliphatic rings. The van der Waals surface area contributed by atoms with Crippen LogP contribution in [0.3, 0.4) is 0 Å². The number of rotatable bonds is 5. The van der Waals surface area contributed by atoms with Crippen LogP contribution in [0.1, 0.15) is 26.5 Å². The van der Waals surface area contributed by atoms with Crippen molar-refractivity contribution in [1.29, 1.82) is 0 Å². The van der Waals surface area contributed by atoms with E-state index in [0.29, 0.717) is 28.5 Å². The summed E-state index contributed by atoms with van der Waals surface area (Å²) in [5.41, 5.74) is 3.44. The van der Waals surface area contributed by atoms with Gasteiger partial charge in [0.1, 0.15) is 11.3 Å². The lowest BCUT2D eigenvalue weighted by molar-refractivity contribution is 0.0696. The average Bonchev–Trinajstić information content (AvgIpc) is 3.42.